The monoisotopic (exact) mass is 176 g/mol. The minimum atomic E-state index is 0.412. The topological polar surface area (TPSA) is 9.23 Å². The first-order chi connectivity index (χ1) is 6.40. The lowest BCUT2D eigenvalue weighted by Crippen LogP contribution is -2.26. The van der Waals surface area contributed by atoms with E-state index >= 15 is 0 Å². The Morgan fingerprint density at radius 3 is 2.85 bits per heavy atom. The molecule has 0 spiro atoms. The normalized spacial score (nSPS) is 50.4. The molecule has 0 heterocycles. The van der Waals surface area contributed by atoms with Gasteiger partial charge >= 0.3 is 0 Å². The van der Waals surface area contributed by atoms with Crippen LogP contribution in [0.3, 0.4) is 0 Å². The van der Waals surface area contributed by atoms with E-state index in [9.17, 15) is 0 Å². The molecule has 3 aliphatic rings. The molecular weight excluding hydrogens is 160 g/mol. The van der Waals surface area contributed by atoms with Crippen molar-refractivity contribution in [2.75, 3.05) is 6.61 Å². The van der Waals surface area contributed by atoms with Crippen LogP contribution in [0.5, 0.6) is 0 Å². The molecule has 1 nitrogen and oxygen atoms in total. The van der Waals surface area contributed by atoms with E-state index in [2.05, 4.69) is 31.2 Å². The van der Waals surface area contributed by atoms with Gasteiger partial charge in [0.1, 0.15) is 0 Å². The highest BCUT2D eigenvalue weighted by molar-refractivity contribution is 5.24. The largest absolute Gasteiger partial charge is 0.374 e. The van der Waals surface area contributed by atoms with Crippen LogP contribution in [0.15, 0.2) is 24.3 Å². The Hall–Kier alpha value is -0.560. The molecule has 3 rings (SSSR count). The molecule has 0 aromatic rings. The van der Waals surface area contributed by atoms with Crippen LogP contribution in [0.25, 0.3) is 0 Å². The smallest absolute Gasteiger partial charge is 0.0795 e. The summed E-state index contributed by atoms with van der Waals surface area (Å²) >= 11 is 0. The van der Waals surface area contributed by atoms with Gasteiger partial charge in [-0.1, -0.05) is 24.3 Å². The zero-order valence-electron chi connectivity index (χ0n) is 8.02. The molecule has 2 bridgehead atoms. The van der Waals surface area contributed by atoms with E-state index in [1.165, 1.54) is 6.42 Å². The van der Waals surface area contributed by atoms with E-state index in [1.54, 1.807) is 0 Å². The summed E-state index contributed by atoms with van der Waals surface area (Å²) in [4.78, 5) is 0. The molecule has 0 radical (unpaired) electrons. The minimum Gasteiger partial charge on any atom is -0.374 e. The van der Waals surface area contributed by atoms with E-state index in [4.69, 9.17) is 4.74 Å². The molecule has 3 aliphatic carbocycles. The third-order valence-corrected chi connectivity index (χ3v) is 3.84. The van der Waals surface area contributed by atoms with E-state index in [1.807, 2.05) is 0 Å². The average Bonchev–Trinajstić information content (AvgIpc) is 2.74. The van der Waals surface area contributed by atoms with Gasteiger partial charge in [0.05, 0.1) is 6.10 Å². The first kappa shape index (κ1) is 7.81. The van der Waals surface area contributed by atoms with Crippen LogP contribution in [0.1, 0.15) is 13.3 Å². The van der Waals surface area contributed by atoms with Crippen LogP contribution in [0.2, 0.25) is 0 Å². The molecule has 13 heavy (non-hydrogen) atoms. The second kappa shape index (κ2) is 2.71. The van der Waals surface area contributed by atoms with Crippen LogP contribution in [0, 0.1) is 23.7 Å². The van der Waals surface area contributed by atoms with Gasteiger partial charge in [0, 0.05) is 12.5 Å². The van der Waals surface area contributed by atoms with Crippen molar-refractivity contribution in [2.45, 2.75) is 19.4 Å². The van der Waals surface area contributed by atoms with Crippen LogP contribution in [0.4, 0.5) is 0 Å². The maximum Gasteiger partial charge on any atom is 0.0795 e. The number of hydrogen-bond donors (Lipinski definition) is 0. The van der Waals surface area contributed by atoms with Crippen molar-refractivity contribution in [3.8, 4) is 0 Å². The summed E-state index contributed by atoms with van der Waals surface area (Å²) in [7, 11) is 0. The fraction of sp³-hybridized carbons (Fsp3) is 0.667. The van der Waals surface area contributed by atoms with E-state index in [0.717, 1.165) is 30.3 Å². The minimum absolute atomic E-state index is 0.412. The number of fused-ring (bicyclic) bond motifs is 5. The second-order valence-electron chi connectivity index (χ2n) is 4.41. The first-order valence-electron chi connectivity index (χ1n) is 5.38. The van der Waals surface area contributed by atoms with Crippen molar-refractivity contribution in [3.05, 3.63) is 24.3 Å². The highest BCUT2D eigenvalue weighted by atomic mass is 16.5. The van der Waals surface area contributed by atoms with Crippen molar-refractivity contribution in [1.29, 1.82) is 0 Å². The van der Waals surface area contributed by atoms with Crippen molar-refractivity contribution in [3.63, 3.8) is 0 Å². The lowest BCUT2D eigenvalue weighted by molar-refractivity contribution is 0.0435. The molecule has 1 heteroatoms. The average molecular weight is 176 g/mol. The van der Waals surface area contributed by atoms with Crippen molar-refractivity contribution >= 4 is 0 Å². The molecular formula is C12H16O. The second-order valence-corrected chi connectivity index (χ2v) is 4.41. The Morgan fingerprint density at radius 2 is 2.00 bits per heavy atom. The quantitative estimate of drug-likeness (QED) is 0.587. The molecule has 0 amide bonds. The maximum atomic E-state index is 5.75. The Kier molecular flexibility index (Phi) is 1.63. The van der Waals surface area contributed by atoms with Crippen LogP contribution < -0.4 is 0 Å². The number of allylic oxidation sites excluding steroid dienone is 3. The molecule has 0 saturated heterocycles. The van der Waals surface area contributed by atoms with Gasteiger partial charge in [0.15, 0.2) is 0 Å². The van der Waals surface area contributed by atoms with Gasteiger partial charge in [0.2, 0.25) is 0 Å². The van der Waals surface area contributed by atoms with Gasteiger partial charge in [-0.05, 0) is 31.1 Å². The summed E-state index contributed by atoms with van der Waals surface area (Å²) in [6.45, 7) is 2.93. The molecule has 1 saturated carbocycles. The molecule has 1 fully saturated rings. The standard InChI is InChI=1S/C12H16O/c1-2-13-11-6-5-10-8-3-4-9(7-8)12(10)11/h3-6,8-12H,2,7H2,1H3/t8-,9+,10?,11+,12?/m0/s1. The zero-order chi connectivity index (χ0) is 8.84. The Bertz CT molecular complexity index is 266. The van der Waals surface area contributed by atoms with E-state index in [0.29, 0.717) is 6.10 Å². The van der Waals surface area contributed by atoms with Gasteiger partial charge in [-0.2, -0.15) is 0 Å². The van der Waals surface area contributed by atoms with Gasteiger partial charge < -0.3 is 4.74 Å². The molecule has 70 valence electrons. The van der Waals surface area contributed by atoms with Gasteiger partial charge in [-0.25, -0.2) is 0 Å². The fourth-order valence-electron chi connectivity index (χ4n) is 3.36. The highest BCUT2D eigenvalue weighted by Gasteiger charge is 2.48. The maximum absolute atomic E-state index is 5.75. The lowest BCUT2D eigenvalue weighted by Gasteiger charge is -2.25. The Balaban J connectivity index is 1.83. The van der Waals surface area contributed by atoms with Crippen molar-refractivity contribution in [2.24, 2.45) is 23.7 Å². The third-order valence-electron chi connectivity index (χ3n) is 3.84. The molecule has 5 atom stereocenters. The van der Waals surface area contributed by atoms with Crippen LogP contribution in [-0.4, -0.2) is 12.7 Å². The molecule has 2 unspecified atom stereocenters. The van der Waals surface area contributed by atoms with E-state index in [-0.39, 0.29) is 0 Å². The molecule has 0 aliphatic heterocycles. The number of rotatable bonds is 2. The molecule has 0 aromatic carbocycles. The summed E-state index contributed by atoms with van der Waals surface area (Å²) in [6, 6.07) is 0. The first-order valence-corrected chi connectivity index (χ1v) is 5.38. The lowest BCUT2D eigenvalue weighted by atomic mass is 9.84. The number of ether oxygens (including phenoxy) is 1. The van der Waals surface area contributed by atoms with Crippen LogP contribution in [-0.2, 0) is 4.74 Å². The van der Waals surface area contributed by atoms with E-state index < -0.39 is 0 Å². The summed E-state index contributed by atoms with van der Waals surface area (Å²) in [5.41, 5.74) is 0. The summed E-state index contributed by atoms with van der Waals surface area (Å²) in [5, 5.41) is 0. The Morgan fingerprint density at radius 1 is 1.15 bits per heavy atom. The van der Waals surface area contributed by atoms with Crippen LogP contribution >= 0.6 is 0 Å². The Labute approximate surface area is 79.5 Å². The van der Waals surface area contributed by atoms with Gasteiger partial charge in [0.25, 0.3) is 0 Å². The fourth-order valence-corrected chi connectivity index (χ4v) is 3.36. The third kappa shape index (κ3) is 0.969. The molecule has 0 N–H and O–H groups in total. The summed E-state index contributed by atoms with van der Waals surface area (Å²) < 4.78 is 5.75. The highest BCUT2D eigenvalue weighted by Crippen LogP contribution is 2.53. The predicted molar refractivity (Wildman–Crippen MR) is 52.3 cm³/mol. The van der Waals surface area contributed by atoms with Crippen molar-refractivity contribution < 1.29 is 4.74 Å². The predicted octanol–water partition coefficient (Wildman–Crippen LogP) is 2.40. The zero-order valence-corrected chi connectivity index (χ0v) is 8.02. The summed E-state index contributed by atoms with van der Waals surface area (Å²) in [5.74, 6) is 3.21. The number of hydrogen-bond acceptors (Lipinski definition) is 1. The van der Waals surface area contributed by atoms with Gasteiger partial charge in [-0.3, -0.25) is 0 Å². The van der Waals surface area contributed by atoms with Crippen molar-refractivity contribution in [1.82, 2.24) is 0 Å². The summed E-state index contributed by atoms with van der Waals surface area (Å²) in [6.07, 6.45) is 11.3. The SMILES string of the molecule is CCO[C@@H]1C=CC2C1[C@@H]1C=C[C@H]2C1. The van der Waals surface area contributed by atoms with Gasteiger partial charge in [-0.15, -0.1) is 0 Å². The molecule has 0 aromatic heterocycles.